The van der Waals surface area contributed by atoms with Crippen LogP contribution in [0, 0.1) is 0 Å². The summed E-state index contributed by atoms with van der Waals surface area (Å²) in [4.78, 5) is 47.9. The van der Waals surface area contributed by atoms with Gasteiger partial charge in [0.05, 0.1) is 27.1 Å². The van der Waals surface area contributed by atoms with Crippen molar-refractivity contribution in [3.05, 3.63) is 130 Å². The predicted octanol–water partition coefficient (Wildman–Crippen LogP) is 5.94. The highest BCUT2D eigenvalue weighted by Gasteiger charge is 2.52. The third-order valence-electron chi connectivity index (χ3n) is 6.97. The average molecular weight is 632 g/mol. The molecule has 1 aliphatic rings. The van der Waals surface area contributed by atoms with Gasteiger partial charge in [0.2, 0.25) is 0 Å². The Morgan fingerprint density at radius 2 is 1.25 bits per heavy atom. The van der Waals surface area contributed by atoms with Gasteiger partial charge in [-0.1, -0.05) is 77.8 Å². The minimum atomic E-state index is -1.24. The van der Waals surface area contributed by atoms with Crippen molar-refractivity contribution in [2.75, 3.05) is 6.61 Å². The van der Waals surface area contributed by atoms with E-state index in [1.807, 2.05) is 0 Å². The molecule has 3 heterocycles. The van der Waals surface area contributed by atoms with Crippen molar-refractivity contribution in [2.45, 2.75) is 24.5 Å². The fourth-order valence-electron chi connectivity index (χ4n) is 4.88. The molecule has 0 saturated carbocycles. The van der Waals surface area contributed by atoms with Crippen molar-refractivity contribution in [3.63, 3.8) is 0 Å². The Morgan fingerprint density at radius 3 is 1.82 bits per heavy atom. The number of esters is 3. The zero-order chi connectivity index (χ0) is 30.6. The highest BCUT2D eigenvalue weighted by molar-refractivity contribution is 6.41. The molecule has 10 nitrogen and oxygen atoms in total. The van der Waals surface area contributed by atoms with Crippen LogP contribution in [0.5, 0.6) is 0 Å². The number of nitrogens with zero attached hydrogens (tertiary/aromatic N) is 3. The van der Waals surface area contributed by atoms with Crippen LogP contribution in [0.2, 0.25) is 10.2 Å². The summed E-state index contributed by atoms with van der Waals surface area (Å²) in [7, 11) is 0. The number of hydrogen-bond donors (Lipinski definition) is 0. The van der Waals surface area contributed by atoms with Gasteiger partial charge < -0.3 is 23.5 Å². The minimum Gasteiger partial charge on any atom is -0.459 e. The summed E-state index contributed by atoms with van der Waals surface area (Å²) in [5.74, 6) is -2.00. The van der Waals surface area contributed by atoms with Crippen LogP contribution < -0.4 is 0 Å². The van der Waals surface area contributed by atoms with E-state index in [0.717, 1.165) is 0 Å². The van der Waals surface area contributed by atoms with Crippen molar-refractivity contribution in [1.82, 2.24) is 14.5 Å². The van der Waals surface area contributed by atoms with Crippen molar-refractivity contribution >= 4 is 52.1 Å². The molecule has 0 bridgehead atoms. The van der Waals surface area contributed by atoms with E-state index < -0.39 is 42.4 Å². The largest absolute Gasteiger partial charge is 0.459 e. The van der Waals surface area contributed by atoms with Crippen LogP contribution in [0.1, 0.15) is 37.3 Å². The first-order valence-corrected chi connectivity index (χ1v) is 14.2. The van der Waals surface area contributed by atoms with Crippen molar-refractivity contribution in [3.8, 4) is 0 Å². The number of aromatic nitrogens is 3. The summed E-state index contributed by atoms with van der Waals surface area (Å²) in [5.41, 5.74) is 1.13. The van der Waals surface area contributed by atoms with E-state index in [1.165, 1.54) is 17.1 Å². The molecule has 2 aromatic heterocycles. The van der Waals surface area contributed by atoms with Gasteiger partial charge >= 0.3 is 17.9 Å². The highest BCUT2D eigenvalue weighted by Crippen LogP contribution is 2.40. The van der Waals surface area contributed by atoms with Crippen molar-refractivity contribution in [2.24, 2.45) is 0 Å². The molecule has 12 heteroatoms. The van der Waals surface area contributed by atoms with Crippen LogP contribution in [-0.4, -0.2) is 57.4 Å². The molecular weight excluding hydrogens is 609 g/mol. The van der Waals surface area contributed by atoms with E-state index in [4.69, 9.17) is 42.1 Å². The van der Waals surface area contributed by atoms with Gasteiger partial charge in [0.15, 0.2) is 18.4 Å². The monoisotopic (exact) mass is 631 g/mol. The highest BCUT2D eigenvalue weighted by atomic mass is 35.5. The van der Waals surface area contributed by atoms with Gasteiger partial charge in [-0.25, -0.2) is 24.4 Å². The van der Waals surface area contributed by atoms with Crippen LogP contribution in [0.3, 0.4) is 0 Å². The lowest BCUT2D eigenvalue weighted by molar-refractivity contribution is -0.0604. The Hall–Kier alpha value is -4.77. The molecule has 1 aliphatic heterocycles. The zero-order valence-electron chi connectivity index (χ0n) is 22.8. The smallest absolute Gasteiger partial charge is 0.338 e. The van der Waals surface area contributed by atoms with Crippen LogP contribution in [-0.2, 0) is 18.9 Å². The molecule has 0 spiro atoms. The van der Waals surface area contributed by atoms with E-state index in [-0.39, 0.29) is 33.6 Å². The predicted molar refractivity (Wildman–Crippen MR) is 159 cm³/mol. The molecule has 6 rings (SSSR count). The summed E-state index contributed by atoms with van der Waals surface area (Å²) in [6.45, 7) is -0.334. The SMILES string of the molecule is O=C(OC[C@H]1O[C@@H](n2cc(Cl)c3c(Cl)ncnc32)C(OC(=O)c2ccccc2)C1OC(=O)c1ccccc1)c1ccccc1. The lowest BCUT2D eigenvalue weighted by Crippen LogP contribution is -2.41. The zero-order valence-corrected chi connectivity index (χ0v) is 24.3. The molecule has 5 aromatic rings. The summed E-state index contributed by atoms with van der Waals surface area (Å²) >= 11 is 12.8. The first-order chi connectivity index (χ1) is 21.4. The van der Waals surface area contributed by atoms with E-state index in [9.17, 15) is 14.4 Å². The minimum absolute atomic E-state index is 0.106. The first kappa shape index (κ1) is 29.3. The van der Waals surface area contributed by atoms with Gasteiger partial charge in [-0.2, -0.15) is 0 Å². The van der Waals surface area contributed by atoms with E-state index in [2.05, 4.69) is 9.97 Å². The Bertz CT molecular complexity index is 1800. The molecule has 3 aromatic carbocycles. The van der Waals surface area contributed by atoms with Crippen LogP contribution in [0.15, 0.2) is 104 Å². The molecule has 0 radical (unpaired) electrons. The topological polar surface area (TPSA) is 119 Å². The van der Waals surface area contributed by atoms with Crippen LogP contribution in [0.4, 0.5) is 0 Å². The lowest BCUT2D eigenvalue weighted by Gasteiger charge is -2.25. The van der Waals surface area contributed by atoms with E-state index in [0.29, 0.717) is 10.9 Å². The Balaban J connectivity index is 1.39. The summed E-state index contributed by atoms with van der Waals surface area (Å²) < 4.78 is 25.4. The third-order valence-corrected chi connectivity index (χ3v) is 7.54. The molecule has 1 saturated heterocycles. The van der Waals surface area contributed by atoms with E-state index in [1.54, 1.807) is 91.0 Å². The van der Waals surface area contributed by atoms with Crippen molar-refractivity contribution in [1.29, 1.82) is 0 Å². The molecule has 4 atom stereocenters. The Morgan fingerprint density at radius 1 is 0.727 bits per heavy atom. The molecule has 222 valence electrons. The Kier molecular flexibility index (Phi) is 8.56. The molecule has 2 unspecified atom stereocenters. The second-order valence-corrected chi connectivity index (χ2v) is 10.5. The summed E-state index contributed by atoms with van der Waals surface area (Å²) in [6.07, 6.45) is -1.90. The van der Waals surface area contributed by atoms with Gasteiger partial charge in [0.1, 0.15) is 29.8 Å². The van der Waals surface area contributed by atoms with Crippen LogP contribution >= 0.6 is 23.2 Å². The quantitative estimate of drug-likeness (QED) is 0.116. The van der Waals surface area contributed by atoms with Gasteiger partial charge in [0, 0.05) is 6.20 Å². The van der Waals surface area contributed by atoms with Gasteiger partial charge in [-0.3, -0.25) is 0 Å². The lowest BCUT2D eigenvalue weighted by atomic mass is 10.1. The van der Waals surface area contributed by atoms with Crippen LogP contribution in [0.25, 0.3) is 11.0 Å². The van der Waals surface area contributed by atoms with Gasteiger partial charge in [0.25, 0.3) is 0 Å². The number of carbonyl (C=O) groups is 3. The summed E-state index contributed by atoms with van der Waals surface area (Å²) in [5, 5.41) is 0.679. The fourth-order valence-corrected chi connectivity index (χ4v) is 5.44. The molecule has 0 N–H and O–H groups in total. The Labute approximate surface area is 261 Å². The first-order valence-electron chi connectivity index (χ1n) is 13.5. The molecular formula is C32H23Cl2N3O7. The number of rotatable bonds is 8. The standard InChI is InChI=1S/C32H23Cl2N3O7/c33-22-16-37(28-24(22)27(34)35-18-36-28)29-26(44-32(40)21-14-8-3-9-15-21)25(43-31(39)20-12-6-2-7-13-20)23(42-29)17-41-30(38)19-10-4-1-5-11-19/h1-16,18,23,25-26,29H,17H2/t23-,25?,26?,29-/m1/s1. The normalized spacial score (nSPS) is 19.4. The molecule has 44 heavy (non-hydrogen) atoms. The number of fused-ring (bicyclic) bond motifs is 1. The number of ether oxygens (including phenoxy) is 4. The summed E-state index contributed by atoms with van der Waals surface area (Å²) in [6, 6.07) is 25.0. The fraction of sp³-hybridized carbons (Fsp3) is 0.156. The maximum Gasteiger partial charge on any atom is 0.338 e. The number of benzene rings is 3. The maximum atomic E-state index is 13.4. The van der Waals surface area contributed by atoms with Gasteiger partial charge in [-0.05, 0) is 36.4 Å². The number of carbonyl (C=O) groups excluding carboxylic acids is 3. The molecule has 0 aliphatic carbocycles. The second-order valence-electron chi connectivity index (χ2n) is 9.75. The molecule has 0 amide bonds. The van der Waals surface area contributed by atoms with E-state index >= 15 is 0 Å². The van der Waals surface area contributed by atoms with Crippen molar-refractivity contribution < 1.29 is 33.3 Å². The number of halogens is 2. The third kappa shape index (κ3) is 6.00. The second kappa shape index (κ2) is 12.8. The average Bonchev–Trinajstić information content (AvgIpc) is 3.57. The maximum absolute atomic E-state index is 13.4. The number of hydrogen-bond acceptors (Lipinski definition) is 9. The van der Waals surface area contributed by atoms with Gasteiger partial charge in [-0.15, -0.1) is 0 Å². The molecule has 1 fully saturated rings.